The van der Waals surface area contributed by atoms with Gasteiger partial charge in [0.25, 0.3) is 5.91 Å². The molecular formula is C15H15N3O2S. The van der Waals surface area contributed by atoms with Crippen molar-refractivity contribution in [2.24, 2.45) is 7.05 Å². The minimum atomic E-state index is -0.148. The standard InChI is InChI=1S/C15H15N3O2S/c1-9-12-7-13(21-15(12)18(2)17-9)14(20)16-11-5-3-4-10(6-11)8-19/h3-7,19H,8H2,1-2H3,(H,16,20). The molecule has 3 rings (SSSR count). The first-order chi connectivity index (χ1) is 10.1. The van der Waals surface area contributed by atoms with Gasteiger partial charge in [0.15, 0.2) is 0 Å². The fourth-order valence-corrected chi connectivity index (χ4v) is 3.28. The van der Waals surface area contributed by atoms with Gasteiger partial charge >= 0.3 is 0 Å². The number of carbonyl (C=O) groups excluding carboxylic acids is 1. The highest BCUT2D eigenvalue weighted by Crippen LogP contribution is 2.28. The summed E-state index contributed by atoms with van der Waals surface area (Å²) in [6.45, 7) is 1.89. The van der Waals surface area contributed by atoms with E-state index >= 15 is 0 Å². The van der Waals surface area contributed by atoms with Crippen LogP contribution in [0, 0.1) is 6.92 Å². The first-order valence-corrected chi connectivity index (χ1v) is 7.34. The Labute approximate surface area is 125 Å². The van der Waals surface area contributed by atoms with Gasteiger partial charge in [-0.25, -0.2) is 0 Å². The lowest BCUT2D eigenvalue weighted by Crippen LogP contribution is -2.10. The maximum absolute atomic E-state index is 12.3. The number of nitrogens with zero attached hydrogens (tertiary/aromatic N) is 2. The first kappa shape index (κ1) is 13.8. The summed E-state index contributed by atoms with van der Waals surface area (Å²) < 4.78 is 1.79. The molecule has 0 spiro atoms. The van der Waals surface area contributed by atoms with E-state index in [1.165, 1.54) is 11.3 Å². The number of rotatable bonds is 3. The van der Waals surface area contributed by atoms with Crippen molar-refractivity contribution in [1.82, 2.24) is 9.78 Å². The largest absolute Gasteiger partial charge is 0.392 e. The lowest BCUT2D eigenvalue weighted by Gasteiger charge is -2.05. The van der Waals surface area contributed by atoms with Crippen molar-refractivity contribution in [3.05, 3.63) is 46.5 Å². The van der Waals surface area contributed by atoms with Gasteiger partial charge in [0, 0.05) is 18.1 Å². The molecule has 0 aliphatic rings. The second kappa shape index (κ2) is 5.31. The SMILES string of the molecule is Cc1nn(C)c2sc(C(=O)Nc3cccc(CO)c3)cc12. The normalized spacial score (nSPS) is 11.0. The van der Waals surface area contributed by atoms with Crippen LogP contribution in [0.3, 0.4) is 0 Å². The second-order valence-corrected chi connectivity index (χ2v) is 5.88. The van der Waals surface area contributed by atoms with E-state index in [9.17, 15) is 4.79 Å². The molecule has 0 atom stereocenters. The van der Waals surface area contributed by atoms with E-state index in [1.807, 2.05) is 26.1 Å². The number of aliphatic hydroxyl groups is 1. The Bertz CT molecular complexity index is 785. The summed E-state index contributed by atoms with van der Waals surface area (Å²) in [5.74, 6) is -0.148. The molecule has 1 aromatic carbocycles. The predicted molar refractivity (Wildman–Crippen MR) is 83.6 cm³/mol. The minimum Gasteiger partial charge on any atom is -0.392 e. The average Bonchev–Trinajstić information content (AvgIpc) is 3.02. The highest BCUT2D eigenvalue weighted by Gasteiger charge is 2.15. The molecule has 3 aromatic rings. The Morgan fingerprint density at radius 1 is 1.43 bits per heavy atom. The van der Waals surface area contributed by atoms with Crippen molar-refractivity contribution in [3.8, 4) is 0 Å². The van der Waals surface area contributed by atoms with E-state index in [0.29, 0.717) is 10.6 Å². The second-order valence-electron chi connectivity index (χ2n) is 4.85. The van der Waals surface area contributed by atoms with Crippen LogP contribution in [0.1, 0.15) is 20.9 Å². The number of anilines is 1. The molecule has 2 N–H and O–H groups in total. The number of carbonyl (C=O) groups is 1. The van der Waals surface area contributed by atoms with Gasteiger partial charge in [0.2, 0.25) is 0 Å². The number of nitrogens with one attached hydrogen (secondary N) is 1. The van der Waals surface area contributed by atoms with Crippen molar-refractivity contribution in [2.45, 2.75) is 13.5 Å². The van der Waals surface area contributed by atoms with Crippen molar-refractivity contribution in [1.29, 1.82) is 0 Å². The monoisotopic (exact) mass is 301 g/mol. The summed E-state index contributed by atoms with van der Waals surface area (Å²) >= 11 is 1.42. The molecule has 5 nitrogen and oxygen atoms in total. The molecule has 108 valence electrons. The zero-order valence-electron chi connectivity index (χ0n) is 11.8. The van der Waals surface area contributed by atoms with E-state index in [-0.39, 0.29) is 12.5 Å². The van der Waals surface area contributed by atoms with Crippen LogP contribution >= 0.6 is 11.3 Å². The maximum atomic E-state index is 12.3. The van der Waals surface area contributed by atoms with E-state index in [1.54, 1.807) is 22.9 Å². The summed E-state index contributed by atoms with van der Waals surface area (Å²) in [4.78, 5) is 13.9. The number of amides is 1. The Hall–Kier alpha value is -2.18. The molecule has 0 fully saturated rings. The Morgan fingerprint density at radius 2 is 2.24 bits per heavy atom. The quantitative estimate of drug-likeness (QED) is 0.781. The zero-order chi connectivity index (χ0) is 15.0. The fourth-order valence-electron chi connectivity index (χ4n) is 2.26. The molecule has 0 unspecified atom stereocenters. The molecule has 0 aliphatic heterocycles. The van der Waals surface area contributed by atoms with Crippen LogP contribution in [-0.2, 0) is 13.7 Å². The molecule has 6 heteroatoms. The van der Waals surface area contributed by atoms with Crippen molar-refractivity contribution in [3.63, 3.8) is 0 Å². The van der Waals surface area contributed by atoms with Crippen LogP contribution in [0.25, 0.3) is 10.2 Å². The molecule has 0 radical (unpaired) electrons. The van der Waals surface area contributed by atoms with Crippen LogP contribution in [0.4, 0.5) is 5.69 Å². The summed E-state index contributed by atoms with van der Waals surface area (Å²) in [7, 11) is 1.87. The highest BCUT2D eigenvalue weighted by atomic mass is 32.1. The van der Waals surface area contributed by atoms with Crippen molar-refractivity contribution < 1.29 is 9.90 Å². The fraction of sp³-hybridized carbons (Fsp3) is 0.200. The number of hydrogen-bond acceptors (Lipinski definition) is 4. The van der Waals surface area contributed by atoms with E-state index in [2.05, 4.69) is 10.4 Å². The average molecular weight is 301 g/mol. The van der Waals surface area contributed by atoms with E-state index < -0.39 is 0 Å². The van der Waals surface area contributed by atoms with Crippen molar-refractivity contribution >= 4 is 33.1 Å². The number of thiophene rings is 1. The van der Waals surface area contributed by atoms with Gasteiger partial charge in [-0.1, -0.05) is 12.1 Å². The number of fused-ring (bicyclic) bond motifs is 1. The summed E-state index contributed by atoms with van der Waals surface area (Å²) in [5, 5.41) is 17.3. The van der Waals surface area contributed by atoms with Crippen LogP contribution in [-0.4, -0.2) is 20.8 Å². The number of aliphatic hydroxyl groups excluding tert-OH is 1. The molecule has 0 bridgehead atoms. The third-order valence-electron chi connectivity index (χ3n) is 3.29. The molecule has 21 heavy (non-hydrogen) atoms. The van der Waals surface area contributed by atoms with Crippen LogP contribution in [0.5, 0.6) is 0 Å². The number of aromatic nitrogens is 2. The Balaban J connectivity index is 1.88. The smallest absolute Gasteiger partial charge is 0.265 e. The summed E-state index contributed by atoms with van der Waals surface area (Å²) in [5.41, 5.74) is 2.37. The van der Waals surface area contributed by atoms with Gasteiger partial charge in [0.1, 0.15) is 4.83 Å². The van der Waals surface area contributed by atoms with Gasteiger partial charge in [0.05, 0.1) is 17.2 Å². The Morgan fingerprint density at radius 3 is 2.95 bits per heavy atom. The van der Waals surface area contributed by atoms with Crippen molar-refractivity contribution in [2.75, 3.05) is 5.32 Å². The molecule has 0 aliphatic carbocycles. The number of aryl methyl sites for hydroxylation is 2. The summed E-state index contributed by atoms with van der Waals surface area (Å²) in [6, 6.07) is 9.05. The maximum Gasteiger partial charge on any atom is 0.265 e. The van der Waals surface area contributed by atoms with Gasteiger partial charge in [-0.15, -0.1) is 11.3 Å². The predicted octanol–water partition coefficient (Wildman–Crippen LogP) is 2.69. The van der Waals surface area contributed by atoms with Crippen LogP contribution in [0.2, 0.25) is 0 Å². The third kappa shape index (κ3) is 2.55. The molecule has 0 saturated carbocycles. The van der Waals surface area contributed by atoms with Gasteiger partial charge < -0.3 is 10.4 Å². The number of benzene rings is 1. The molecule has 0 saturated heterocycles. The van der Waals surface area contributed by atoms with Gasteiger partial charge in [-0.2, -0.15) is 5.10 Å². The first-order valence-electron chi connectivity index (χ1n) is 6.53. The van der Waals surface area contributed by atoms with E-state index in [0.717, 1.165) is 21.5 Å². The van der Waals surface area contributed by atoms with Gasteiger partial charge in [-0.05, 0) is 30.7 Å². The van der Waals surface area contributed by atoms with Crippen LogP contribution < -0.4 is 5.32 Å². The molecule has 1 amide bonds. The third-order valence-corrected chi connectivity index (χ3v) is 4.49. The minimum absolute atomic E-state index is 0.0442. The highest BCUT2D eigenvalue weighted by molar-refractivity contribution is 7.20. The lowest BCUT2D eigenvalue weighted by molar-refractivity contribution is 0.103. The molecular weight excluding hydrogens is 286 g/mol. The lowest BCUT2D eigenvalue weighted by atomic mass is 10.2. The topological polar surface area (TPSA) is 67.2 Å². The number of hydrogen-bond donors (Lipinski definition) is 2. The van der Waals surface area contributed by atoms with Gasteiger partial charge in [-0.3, -0.25) is 9.48 Å². The zero-order valence-corrected chi connectivity index (χ0v) is 12.6. The van der Waals surface area contributed by atoms with Crippen LogP contribution in [0.15, 0.2) is 30.3 Å². The molecule has 2 aromatic heterocycles. The Kier molecular flexibility index (Phi) is 3.48. The van der Waals surface area contributed by atoms with E-state index in [4.69, 9.17) is 5.11 Å². The summed E-state index contributed by atoms with van der Waals surface area (Å²) in [6.07, 6.45) is 0. The molecule has 2 heterocycles.